The molecule has 0 aromatic heterocycles. The number of hydrogen-bond donors (Lipinski definition) is 1. The zero-order valence-electron chi connectivity index (χ0n) is 3.93. The van der Waals surface area contributed by atoms with Crippen molar-refractivity contribution < 1.29 is 4.79 Å². The van der Waals surface area contributed by atoms with Gasteiger partial charge < -0.3 is 10.6 Å². The molecule has 0 bridgehead atoms. The predicted molar refractivity (Wildman–Crippen MR) is 30.4 cm³/mol. The second-order valence-corrected chi connectivity index (χ2v) is 1.23. The zero-order chi connectivity index (χ0) is 5.15. The third kappa shape index (κ3) is 6.27. The molecule has 0 fully saturated rings. The fourth-order valence-electron chi connectivity index (χ4n) is 0. The quantitative estimate of drug-likeness (QED) is 0.400. The Balaban J connectivity index is 0. The first kappa shape index (κ1) is 10.3. The van der Waals surface area contributed by atoms with E-state index in [0.29, 0.717) is 0 Å². The molecule has 0 aromatic carbocycles. The minimum atomic E-state index is -0.407. The molecule has 0 spiro atoms. The van der Waals surface area contributed by atoms with Gasteiger partial charge in [-0.05, 0) is 0 Å². The van der Waals surface area contributed by atoms with Crippen molar-refractivity contribution in [1.82, 2.24) is 4.90 Å². The molecule has 2 amide bonds. The van der Waals surface area contributed by atoms with E-state index in [1.807, 2.05) is 0 Å². The van der Waals surface area contributed by atoms with Crippen LogP contribution in [0, 0.1) is 0 Å². The molecule has 0 aromatic rings. The van der Waals surface area contributed by atoms with Gasteiger partial charge >= 0.3 is 35.6 Å². The van der Waals surface area contributed by atoms with Gasteiger partial charge in [-0.3, -0.25) is 0 Å². The molecule has 0 atom stereocenters. The van der Waals surface area contributed by atoms with E-state index in [4.69, 9.17) is 5.73 Å². The molecular formula is C3H9N2NaO. The summed E-state index contributed by atoms with van der Waals surface area (Å²) in [6.07, 6.45) is 0. The summed E-state index contributed by atoms with van der Waals surface area (Å²) in [7, 11) is 3.20. The van der Waals surface area contributed by atoms with Gasteiger partial charge in [0, 0.05) is 14.1 Å². The second kappa shape index (κ2) is 4.43. The van der Waals surface area contributed by atoms with Gasteiger partial charge in [0.1, 0.15) is 0 Å². The Morgan fingerprint density at radius 3 is 1.71 bits per heavy atom. The van der Waals surface area contributed by atoms with Crippen molar-refractivity contribution >= 4 is 35.6 Å². The van der Waals surface area contributed by atoms with Gasteiger partial charge in [0.05, 0.1) is 0 Å². The van der Waals surface area contributed by atoms with Crippen LogP contribution in [0.1, 0.15) is 0 Å². The van der Waals surface area contributed by atoms with E-state index >= 15 is 0 Å². The van der Waals surface area contributed by atoms with Crippen LogP contribution in [0.4, 0.5) is 4.79 Å². The monoisotopic (exact) mass is 112 g/mol. The summed E-state index contributed by atoms with van der Waals surface area (Å²) >= 11 is 0. The summed E-state index contributed by atoms with van der Waals surface area (Å²) in [6.45, 7) is 0. The Kier molecular flexibility index (Phi) is 6.51. The van der Waals surface area contributed by atoms with E-state index in [2.05, 4.69) is 0 Å². The molecule has 0 aliphatic heterocycles. The minimum absolute atomic E-state index is 0. The number of rotatable bonds is 0. The SMILES string of the molecule is CN(C)C(N)=O.[NaH]. The van der Waals surface area contributed by atoms with Gasteiger partial charge in [0.2, 0.25) is 0 Å². The second-order valence-electron chi connectivity index (χ2n) is 1.23. The zero-order valence-corrected chi connectivity index (χ0v) is 3.93. The first-order chi connectivity index (χ1) is 2.64. The van der Waals surface area contributed by atoms with E-state index < -0.39 is 6.03 Å². The fourth-order valence-corrected chi connectivity index (χ4v) is 0. The standard InChI is InChI=1S/C3H8N2O.Na.H/c1-5(2)3(4)6;;/h1-2H3,(H2,4,6);;. The van der Waals surface area contributed by atoms with Crippen LogP contribution in [0.3, 0.4) is 0 Å². The van der Waals surface area contributed by atoms with Crippen LogP contribution < -0.4 is 5.73 Å². The predicted octanol–water partition coefficient (Wildman–Crippen LogP) is -1.02. The van der Waals surface area contributed by atoms with Crippen LogP contribution >= 0.6 is 0 Å². The van der Waals surface area contributed by atoms with Crippen LogP contribution in [0.2, 0.25) is 0 Å². The Morgan fingerprint density at radius 1 is 1.57 bits per heavy atom. The van der Waals surface area contributed by atoms with Crippen molar-refractivity contribution in [3.8, 4) is 0 Å². The van der Waals surface area contributed by atoms with E-state index in [0.717, 1.165) is 0 Å². The Morgan fingerprint density at radius 2 is 1.71 bits per heavy atom. The summed E-state index contributed by atoms with van der Waals surface area (Å²) in [5.74, 6) is 0. The summed E-state index contributed by atoms with van der Waals surface area (Å²) in [4.78, 5) is 11.2. The van der Waals surface area contributed by atoms with Crippen molar-refractivity contribution in [2.45, 2.75) is 0 Å². The van der Waals surface area contributed by atoms with Crippen molar-refractivity contribution in [1.29, 1.82) is 0 Å². The molecule has 0 saturated carbocycles. The number of amides is 2. The average Bonchev–Trinajstić information content (AvgIpc) is 1.36. The number of carbonyl (C=O) groups is 1. The summed E-state index contributed by atoms with van der Waals surface area (Å²) in [5, 5.41) is 0. The maximum atomic E-state index is 9.85. The molecule has 0 aliphatic rings. The maximum absolute atomic E-state index is 9.85. The molecule has 3 nitrogen and oxygen atoms in total. The van der Waals surface area contributed by atoms with Crippen molar-refractivity contribution in [3.63, 3.8) is 0 Å². The van der Waals surface area contributed by atoms with Crippen LogP contribution in [0.5, 0.6) is 0 Å². The molecule has 0 rings (SSSR count). The summed E-state index contributed by atoms with van der Waals surface area (Å²) in [6, 6.07) is -0.407. The van der Waals surface area contributed by atoms with Gasteiger partial charge in [-0.25, -0.2) is 4.79 Å². The molecule has 0 heterocycles. The van der Waals surface area contributed by atoms with Crippen molar-refractivity contribution in [2.75, 3.05) is 14.1 Å². The molecule has 0 saturated heterocycles. The van der Waals surface area contributed by atoms with Crippen LogP contribution in [-0.4, -0.2) is 54.6 Å². The van der Waals surface area contributed by atoms with Gasteiger partial charge in [-0.15, -0.1) is 0 Å². The van der Waals surface area contributed by atoms with Gasteiger partial charge in [0.15, 0.2) is 0 Å². The third-order valence-electron chi connectivity index (χ3n) is 0.441. The summed E-state index contributed by atoms with van der Waals surface area (Å²) in [5.41, 5.74) is 4.72. The topological polar surface area (TPSA) is 46.3 Å². The molecule has 2 N–H and O–H groups in total. The Bertz CT molecular complexity index is 64.0. The first-order valence-corrected chi connectivity index (χ1v) is 1.61. The molecule has 0 radical (unpaired) electrons. The molecular weight excluding hydrogens is 103 g/mol. The van der Waals surface area contributed by atoms with Crippen LogP contribution in [-0.2, 0) is 0 Å². The first-order valence-electron chi connectivity index (χ1n) is 1.61. The molecule has 38 valence electrons. The molecule has 0 aliphatic carbocycles. The molecule has 4 heteroatoms. The Hall–Kier alpha value is 0.270. The third-order valence-corrected chi connectivity index (χ3v) is 0.441. The van der Waals surface area contributed by atoms with E-state index in [9.17, 15) is 4.79 Å². The number of nitrogens with two attached hydrogens (primary N) is 1. The van der Waals surface area contributed by atoms with Crippen LogP contribution in [0.25, 0.3) is 0 Å². The van der Waals surface area contributed by atoms with E-state index in [-0.39, 0.29) is 29.6 Å². The van der Waals surface area contributed by atoms with Gasteiger partial charge in [-0.2, -0.15) is 0 Å². The number of carbonyl (C=O) groups excluding carboxylic acids is 1. The molecule has 7 heavy (non-hydrogen) atoms. The van der Waals surface area contributed by atoms with Gasteiger partial charge in [-0.1, -0.05) is 0 Å². The number of hydrogen-bond acceptors (Lipinski definition) is 1. The fraction of sp³-hybridized carbons (Fsp3) is 0.667. The van der Waals surface area contributed by atoms with Crippen LogP contribution in [0.15, 0.2) is 0 Å². The number of primary amides is 1. The van der Waals surface area contributed by atoms with Crippen molar-refractivity contribution in [2.24, 2.45) is 5.73 Å². The normalized spacial score (nSPS) is 6.57. The average molecular weight is 112 g/mol. The summed E-state index contributed by atoms with van der Waals surface area (Å²) < 4.78 is 0. The van der Waals surface area contributed by atoms with Gasteiger partial charge in [0.25, 0.3) is 0 Å². The van der Waals surface area contributed by atoms with Crippen molar-refractivity contribution in [3.05, 3.63) is 0 Å². The molecule has 0 unspecified atom stereocenters. The number of nitrogens with zero attached hydrogens (tertiary/aromatic N) is 1. The van der Waals surface area contributed by atoms with E-state index in [1.165, 1.54) is 4.90 Å². The Labute approximate surface area is 65.1 Å². The number of urea groups is 1. The van der Waals surface area contributed by atoms with E-state index in [1.54, 1.807) is 14.1 Å².